The molecule has 3 rings (SSSR count). The summed E-state index contributed by atoms with van der Waals surface area (Å²) >= 11 is 1.57. The largest absolute Gasteiger partial charge is 0.369 e. The number of hydrogen-bond acceptors (Lipinski definition) is 5. The fourth-order valence-corrected chi connectivity index (χ4v) is 4.01. The Morgan fingerprint density at radius 1 is 1.25 bits per heavy atom. The Hall–Kier alpha value is -2.05. The van der Waals surface area contributed by atoms with Crippen LogP contribution in [0.15, 0.2) is 58.1 Å². The minimum atomic E-state index is -0.101. The molecule has 0 unspecified atom stereocenters. The molecule has 2 heterocycles. The van der Waals surface area contributed by atoms with Gasteiger partial charge in [0.1, 0.15) is 0 Å². The Balaban J connectivity index is 1.45. The van der Waals surface area contributed by atoms with E-state index in [9.17, 15) is 4.79 Å². The Morgan fingerprint density at radius 3 is 2.75 bits per heavy atom. The van der Waals surface area contributed by atoms with Gasteiger partial charge in [0.05, 0.1) is 0 Å². The van der Waals surface area contributed by atoms with E-state index in [0.29, 0.717) is 11.1 Å². The highest BCUT2D eigenvalue weighted by molar-refractivity contribution is 7.99. The number of benzene rings is 1. The number of nitrogens with zero attached hydrogens (tertiary/aromatic N) is 3. The van der Waals surface area contributed by atoms with Crippen LogP contribution in [0.5, 0.6) is 0 Å². The third-order valence-corrected chi connectivity index (χ3v) is 6.14. The van der Waals surface area contributed by atoms with Gasteiger partial charge < -0.3 is 9.88 Å². The second-order valence-electron chi connectivity index (χ2n) is 7.62. The lowest BCUT2D eigenvalue weighted by molar-refractivity contribution is 0.283. The van der Waals surface area contributed by atoms with Crippen LogP contribution >= 0.6 is 11.8 Å². The maximum absolute atomic E-state index is 11.3. The fourth-order valence-electron chi connectivity index (χ4n) is 3.22. The van der Waals surface area contributed by atoms with Gasteiger partial charge in [0, 0.05) is 56.4 Å². The first kappa shape index (κ1) is 20.7. The molecule has 6 heteroatoms. The van der Waals surface area contributed by atoms with Crippen molar-refractivity contribution in [3.8, 4) is 0 Å². The maximum Gasteiger partial charge on any atom is 0.251 e. The summed E-state index contributed by atoms with van der Waals surface area (Å²) in [6.45, 7) is 11.9. The first-order valence-corrected chi connectivity index (χ1v) is 10.9. The van der Waals surface area contributed by atoms with Crippen molar-refractivity contribution in [2.45, 2.75) is 31.8 Å². The number of hydrogen-bond donors (Lipinski definition) is 1. The normalized spacial score (nSPS) is 16.0. The topological polar surface area (TPSA) is 52.2 Å². The molecule has 0 amide bonds. The minimum Gasteiger partial charge on any atom is -0.369 e. The van der Waals surface area contributed by atoms with Gasteiger partial charge in [-0.2, -0.15) is 0 Å². The van der Waals surface area contributed by atoms with Crippen LogP contribution in [0, 0.1) is 0 Å². The summed E-state index contributed by atoms with van der Waals surface area (Å²) < 4.78 is 0. The van der Waals surface area contributed by atoms with Gasteiger partial charge in [-0.1, -0.05) is 49.4 Å². The predicted molar refractivity (Wildman–Crippen MR) is 119 cm³/mol. The summed E-state index contributed by atoms with van der Waals surface area (Å²) in [7, 11) is 0. The van der Waals surface area contributed by atoms with Crippen LogP contribution in [-0.2, 0) is 0 Å². The summed E-state index contributed by atoms with van der Waals surface area (Å²) in [5.41, 5.74) is 3.96. The van der Waals surface area contributed by atoms with Crippen molar-refractivity contribution in [3.05, 3.63) is 64.1 Å². The monoisotopic (exact) mass is 398 g/mol. The highest BCUT2D eigenvalue weighted by Gasteiger charge is 2.17. The third kappa shape index (κ3) is 5.97. The molecule has 1 aromatic heterocycles. The summed E-state index contributed by atoms with van der Waals surface area (Å²) in [6.07, 6.45) is 3.85. The van der Waals surface area contributed by atoms with E-state index in [-0.39, 0.29) is 5.56 Å². The lowest BCUT2D eigenvalue weighted by Gasteiger charge is -2.36. The van der Waals surface area contributed by atoms with Crippen molar-refractivity contribution >= 4 is 17.4 Å². The van der Waals surface area contributed by atoms with Crippen LogP contribution in [0.25, 0.3) is 0 Å². The summed E-state index contributed by atoms with van der Waals surface area (Å²) in [5.74, 6) is 1.41. The molecule has 2 aromatic rings. The Bertz CT molecular complexity index is 853. The van der Waals surface area contributed by atoms with Gasteiger partial charge in [0.25, 0.3) is 5.56 Å². The van der Waals surface area contributed by atoms with E-state index in [4.69, 9.17) is 0 Å². The van der Waals surface area contributed by atoms with Crippen molar-refractivity contribution in [3.63, 3.8) is 0 Å². The summed E-state index contributed by atoms with van der Waals surface area (Å²) in [5, 5.41) is 0.678. The van der Waals surface area contributed by atoms with Crippen molar-refractivity contribution < 1.29 is 0 Å². The molecule has 0 spiro atoms. The molecule has 1 aliphatic heterocycles. The van der Waals surface area contributed by atoms with E-state index in [1.54, 1.807) is 18.0 Å². The molecule has 0 saturated carbocycles. The lowest BCUT2D eigenvalue weighted by Crippen LogP contribution is -2.46. The smallest absolute Gasteiger partial charge is 0.251 e. The van der Waals surface area contributed by atoms with Crippen LogP contribution in [-0.4, -0.2) is 53.3 Å². The molecule has 150 valence electrons. The zero-order chi connectivity index (χ0) is 19.9. The van der Waals surface area contributed by atoms with Crippen molar-refractivity contribution in [2.24, 2.45) is 0 Å². The van der Waals surface area contributed by atoms with Gasteiger partial charge in [-0.25, -0.2) is 4.98 Å². The Labute approximate surface area is 171 Å². The number of anilines is 1. The third-order valence-electron chi connectivity index (χ3n) is 5.06. The van der Waals surface area contributed by atoms with E-state index in [2.05, 4.69) is 70.9 Å². The van der Waals surface area contributed by atoms with Gasteiger partial charge in [0.15, 0.2) is 5.16 Å². The zero-order valence-electron chi connectivity index (χ0n) is 17.0. The van der Waals surface area contributed by atoms with E-state index < -0.39 is 0 Å². The molecule has 28 heavy (non-hydrogen) atoms. The zero-order valence-corrected chi connectivity index (χ0v) is 17.8. The van der Waals surface area contributed by atoms with Crippen LogP contribution in [0.2, 0.25) is 0 Å². The molecule has 1 aromatic carbocycles. The highest BCUT2D eigenvalue weighted by Crippen LogP contribution is 2.22. The number of H-pyrrole nitrogens is 1. The Kier molecular flexibility index (Phi) is 7.34. The average molecular weight is 399 g/mol. The number of aromatic amines is 1. The summed E-state index contributed by atoms with van der Waals surface area (Å²) in [4.78, 5) is 23.2. The van der Waals surface area contributed by atoms with E-state index in [1.165, 1.54) is 22.9 Å². The van der Waals surface area contributed by atoms with Crippen molar-refractivity contribution in [2.75, 3.05) is 43.4 Å². The number of aromatic nitrogens is 2. The van der Waals surface area contributed by atoms with Crippen LogP contribution in [0.3, 0.4) is 0 Å². The molecule has 0 aliphatic carbocycles. The molecular weight excluding hydrogens is 368 g/mol. The number of nitrogens with one attached hydrogen (secondary N) is 1. The van der Waals surface area contributed by atoms with Gasteiger partial charge >= 0.3 is 0 Å². The minimum absolute atomic E-state index is 0.101. The molecule has 0 bridgehead atoms. The molecule has 5 nitrogen and oxygen atoms in total. The first-order valence-electron chi connectivity index (χ1n) is 9.92. The average Bonchev–Trinajstić information content (AvgIpc) is 2.71. The molecule has 1 saturated heterocycles. The second-order valence-corrected chi connectivity index (χ2v) is 8.58. The number of rotatable bonds is 7. The van der Waals surface area contributed by atoms with Crippen molar-refractivity contribution in [1.29, 1.82) is 0 Å². The second kappa shape index (κ2) is 9.94. The van der Waals surface area contributed by atoms with Gasteiger partial charge in [-0.05, 0) is 30.5 Å². The molecule has 0 atom stereocenters. The SMILES string of the molecule is CC(=CCN1CCN(c2cccc(C(C)C)c2)CC1)CSc1nccc(=O)[nH]1. The highest BCUT2D eigenvalue weighted by atomic mass is 32.2. The summed E-state index contributed by atoms with van der Waals surface area (Å²) in [6, 6.07) is 10.4. The molecular formula is C22H30N4OS. The molecule has 1 N–H and O–H groups in total. The quantitative estimate of drug-likeness (QED) is 0.437. The molecule has 0 radical (unpaired) electrons. The maximum atomic E-state index is 11.3. The van der Waals surface area contributed by atoms with Crippen LogP contribution in [0.1, 0.15) is 32.3 Å². The fraction of sp³-hybridized carbons (Fsp3) is 0.455. The van der Waals surface area contributed by atoms with Gasteiger partial charge in [0.2, 0.25) is 0 Å². The van der Waals surface area contributed by atoms with E-state index in [1.807, 2.05) is 0 Å². The number of thioether (sulfide) groups is 1. The Morgan fingerprint density at radius 2 is 2.04 bits per heavy atom. The van der Waals surface area contributed by atoms with Crippen LogP contribution < -0.4 is 10.5 Å². The first-order chi connectivity index (χ1) is 13.5. The van der Waals surface area contributed by atoms with Crippen LogP contribution in [0.4, 0.5) is 5.69 Å². The van der Waals surface area contributed by atoms with E-state index >= 15 is 0 Å². The molecule has 1 aliphatic rings. The number of piperazine rings is 1. The molecule has 1 fully saturated rings. The lowest BCUT2D eigenvalue weighted by atomic mass is 10.0. The van der Waals surface area contributed by atoms with E-state index in [0.717, 1.165) is 38.5 Å². The van der Waals surface area contributed by atoms with Gasteiger partial charge in [-0.3, -0.25) is 9.69 Å². The van der Waals surface area contributed by atoms with Gasteiger partial charge in [-0.15, -0.1) is 0 Å². The standard InChI is InChI=1S/C22H30N4OS/c1-17(2)19-5-4-6-20(15-19)26-13-11-25(12-14-26)10-8-18(3)16-28-22-23-9-7-21(27)24-22/h4-9,15,17H,10-14,16H2,1-3H3,(H,23,24,27). The predicted octanol–water partition coefficient (Wildman–Crippen LogP) is 3.75. The van der Waals surface area contributed by atoms with Crippen molar-refractivity contribution in [1.82, 2.24) is 14.9 Å².